The summed E-state index contributed by atoms with van der Waals surface area (Å²) in [6.45, 7) is 3.32. The molecule has 0 aliphatic carbocycles. The van der Waals surface area contributed by atoms with Crippen molar-refractivity contribution < 1.29 is 17.9 Å². The van der Waals surface area contributed by atoms with E-state index in [-0.39, 0.29) is 23.6 Å². The third-order valence-corrected chi connectivity index (χ3v) is 2.64. The summed E-state index contributed by atoms with van der Waals surface area (Å²) in [6.07, 6.45) is 1.26. The maximum Gasteiger partial charge on any atom is 0.441 e. The maximum atomic E-state index is 11.8. The van der Waals surface area contributed by atoms with Crippen LogP contribution in [-0.4, -0.2) is 37.6 Å². The highest BCUT2D eigenvalue weighted by molar-refractivity contribution is 8.00. The SMILES string of the molecule is CCNC(CCCSC(F)(F)F)COC. The van der Waals surface area contributed by atoms with Crippen molar-refractivity contribution in [2.24, 2.45) is 0 Å². The molecule has 0 aromatic carbocycles. The monoisotopic (exact) mass is 245 g/mol. The lowest BCUT2D eigenvalue weighted by atomic mass is 10.2. The van der Waals surface area contributed by atoms with Crippen LogP contribution in [0.4, 0.5) is 13.2 Å². The lowest BCUT2D eigenvalue weighted by Crippen LogP contribution is -2.33. The minimum Gasteiger partial charge on any atom is -0.383 e. The van der Waals surface area contributed by atoms with Gasteiger partial charge in [0.2, 0.25) is 0 Å². The summed E-state index contributed by atoms with van der Waals surface area (Å²) in [5, 5.41) is 3.17. The molecule has 0 spiro atoms. The van der Waals surface area contributed by atoms with Crippen LogP contribution in [0, 0.1) is 0 Å². The normalized spacial score (nSPS) is 14.2. The number of ether oxygens (including phenoxy) is 1. The standard InChI is InChI=1S/C9H18F3NOS/c1-3-13-8(7-14-2)5-4-6-15-9(10,11)12/h8,13H,3-7H2,1-2H3. The van der Waals surface area contributed by atoms with Gasteiger partial charge in [-0.3, -0.25) is 0 Å². The third kappa shape index (κ3) is 10.3. The summed E-state index contributed by atoms with van der Waals surface area (Å²) < 4.78 is 40.4. The first-order valence-corrected chi connectivity index (χ1v) is 5.91. The Labute approximate surface area is 92.9 Å². The van der Waals surface area contributed by atoms with E-state index in [9.17, 15) is 13.2 Å². The Kier molecular flexibility index (Phi) is 8.27. The molecule has 0 bridgehead atoms. The molecule has 0 aliphatic heterocycles. The van der Waals surface area contributed by atoms with E-state index in [4.69, 9.17) is 4.74 Å². The van der Waals surface area contributed by atoms with Crippen LogP contribution in [0.5, 0.6) is 0 Å². The number of hydrogen-bond donors (Lipinski definition) is 1. The molecule has 0 amide bonds. The van der Waals surface area contributed by atoms with Crippen LogP contribution >= 0.6 is 11.8 Å². The quantitative estimate of drug-likeness (QED) is 0.664. The Morgan fingerprint density at radius 2 is 2.07 bits per heavy atom. The van der Waals surface area contributed by atoms with E-state index in [2.05, 4.69) is 5.32 Å². The molecular weight excluding hydrogens is 227 g/mol. The molecule has 6 heteroatoms. The Morgan fingerprint density at radius 3 is 2.53 bits per heavy atom. The molecule has 0 fully saturated rings. The van der Waals surface area contributed by atoms with Crippen LogP contribution in [0.25, 0.3) is 0 Å². The molecule has 0 radical (unpaired) electrons. The van der Waals surface area contributed by atoms with E-state index in [1.165, 1.54) is 0 Å². The zero-order chi connectivity index (χ0) is 11.7. The van der Waals surface area contributed by atoms with Gasteiger partial charge in [-0.2, -0.15) is 13.2 Å². The fourth-order valence-electron chi connectivity index (χ4n) is 1.25. The Hall–Kier alpha value is 0.0600. The minimum atomic E-state index is -4.10. The number of likely N-dealkylation sites (N-methyl/N-ethyl adjacent to an activating group) is 1. The van der Waals surface area contributed by atoms with Crippen molar-refractivity contribution >= 4 is 11.8 Å². The van der Waals surface area contributed by atoms with Crippen LogP contribution in [0.15, 0.2) is 0 Å². The number of halogens is 3. The fourth-order valence-corrected chi connectivity index (χ4v) is 1.79. The molecule has 0 aliphatic rings. The zero-order valence-corrected chi connectivity index (χ0v) is 9.88. The number of alkyl halides is 3. The molecular formula is C9H18F3NOS. The second-order valence-electron chi connectivity index (χ2n) is 3.15. The lowest BCUT2D eigenvalue weighted by molar-refractivity contribution is -0.0328. The van der Waals surface area contributed by atoms with Crippen molar-refractivity contribution in [3.05, 3.63) is 0 Å². The van der Waals surface area contributed by atoms with Gasteiger partial charge in [0.05, 0.1) is 6.61 Å². The molecule has 1 N–H and O–H groups in total. The van der Waals surface area contributed by atoms with Crippen molar-refractivity contribution in [1.29, 1.82) is 0 Å². The molecule has 0 aromatic heterocycles. The predicted octanol–water partition coefficient (Wildman–Crippen LogP) is 2.64. The second kappa shape index (κ2) is 8.24. The largest absolute Gasteiger partial charge is 0.441 e. The number of methoxy groups -OCH3 is 1. The summed E-state index contributed by atoms with van der Waals surface area (Å²) in [7, 11) is 1.59. The molecule has 1 unspecified atom stereocenters. The summed E-state index contributed by atoms with van der Waals surface area (Å²) in [5.74, 6) is 0.120. The Morgan fingerprint density at radius 1 is 1.40 bits per heavy atom. The molecule has 0 saturated heterocycles. The number of rotatable bonds is 8. The molecule has 15 heavy (non-hydrogen) atoms. The van der Waals surface area contributed by atoms with Crippen molar-refractivity contribution in [3.8, 4) is 0 Å². The first kappa shape index (κ1) is 15.1. The van der Waals surface area contributed by atoms with Gasteiger partial charge in [-0.1, -0.05) is 18.7 Å². The third-order valence-electron chi connectivity index (χ3n) is 1.82. The highest BCUT2D eigenvalue weighted by atomic mass is 32.2. The molecule has 0 saturated carbocycles. The summed E-state index contributed by atoms with van der Waals surface area (Å²) in [5.41, 5.74) is -4.10. The van der Waals surface area contributed by atoms with Gasteiger partial charge >= 0.3 is 5.51 Å². The lowest BCUT2D eigenvalue weighted by Gasteiger charge is -2.16. The second-order valence-corrected chi connectivity index (χ2v) is 4.31. The fraction of sp³-hybridized carbons (Fsp3) is 1.00. The van der Waals surface area contributed by atoms with Gasteiger partial charge < -0.3 is 10.1 Å². The number of thioether (sulfide) groups is 1. The van der Waals surface area contributed by atoms with Gasteiger partial charge in [0.1, 0.15) is 0 Å². The van der Waals surface area contributed by atoms with Crippen LogP contribution in [0.3, 0.4) is 0 Å². The van der Waals surface area contributed by atoms with E-state index in [1.807, 2.05) is 6.92 Å². The zero-order valence-electron chi connectivity index (χ0n) is 9.06. The summed E-state index contributed by atoms with van der Waals surface area (Å²) in [4.78, 5) is 0. The molecule has 0 aromatic rings. The topological polar surface area (TPSA) is 21.3 Å². The van der Waals surface area contributed by atoms with E-state index in [0.717, 1.165) is 6.54 Å². The molecule has 1 atom stereocenters. The minimum absolute atomic E-state index is 0.0431. The van der Waals surface area contributed by atoms with Crippen molar-refractivity contribution in [1.82, 2.24) is 5.32 Å². The van der Waals surface area contributed by atoms with E-state index in [0.29, 0.717) is 19.4 Å². The Balaban J connectivity index is 3.52. The van der Waals surface area contributed by atoms with Gasteiger partial charge in [0.15, 0.2) is 0 Å². The first-order chi connectivity index (χ1) is 6.99. The molecule has 2 nitrogen and oxygen atoms in total. The van der Waals surface area contributed by atoms with Crippen LogP contribution in [0.1, 0.15) is 19.8 Å². The molecule has 92 valence electrons. The van der Waals surface area contributed by atoms with Crippen LogP contribution in [-0.2, 0) is 4.74 Å². The van der Waals surface area contributed by atoms with Crippen molar-refractivity contribution in [2.75, 3.05) is 26.0 Å². The van der Waals surface area contributed by atoms with Crippen molar-refractivity contribution in [3.63, 3.8) is 0 Å². The summed E-state index contributed by atoms with van der Waals surface area (Å²) >= 11 is 0.0431. The van der Waals surface area contributed by atoms with Crippen LogP contribution < -0.4 is 5.32 Å². The van der Waals surface area contributed by atoms with Crippen molar-refractivity contribution in [2.45, 2.75) is 31.3 Å². The predicted molar refractivity (Wildman–Crippen MR) is 57.1 cm³/mol. The van der Waals surface area contributed by atoms with Gasteiger partial charge in [0, 0.05) is 18.9 Å². The molecule has 0 heterocycles. The number of nitrogens with one attached hydrogen (secondary N) is 1. The van der Waals surface area contributed by atoms with Crippen LogP contribution in [0.2, 0.25) is 0 Å². The van der Waals surface area contributed by atoms with E-state index >= 15 is 0 Å². The Bertz CT molecular complexity index is 149. The summed E-state index contributed by atoms with van der Waals surface area (Å²) in [6, 6.07) is 0.161. The molecule has 0 rings (SSSR count). The first-order valence-electron chi connectivity index (χ1n) is 4.92. The maximum absolute atomic E-state index is 11.8. The van der Waals surface area contributed by atoms with Gasteiger partial charge in [-0.15, -0.1) is 0 Å². The van der Waals surface area contributed by atoms with Gasteiger partial charge in [0.25, 0.3) is 0 Å². The average Bonchev–Trinajstić information content (AvgIpc) is 2.11. The van der Waals surface area contributed by atoms with Gasteiger partial charge in [-0.25, -0.2) is 0 Å². The van der Waals surface area contributed by atoms with Gasteiger partial charge in [-0.05, 0) is 19.4 Å². The van der Waals surface area contributed by atoms with E-state index in [1.54, 1.807) is 7.11 Å². The highest BCUT2D eigenvalue weighted by Crippen LogP contribution is 2.30. The average molecular weight is 245 g/mol. The highest BCUT2D eigenvalue weighted by Gasteiger charge is 2.27. The van der Waals surface area contributed by atoms with E-state index < -0.39 is 5.51 Å². The smallest absolute Gasteiger partial charge is 0.383 e. The number of hydrogen-bond acceptors (Lipinski definition) is 3.